The lowest BCUT2D eigenvalue weighted by atomic mass is 10.0. The van der Waals surface area contributed by atoms with E-state index in [1.165, 1.54) is 17.7 Å². The van der Waals surface area contributed by atoms with Crippen LogP contribution in [0.5, 0.6) is 5.75 Å². The summed E-state index contributed by atoms with van der Waals surface area (Å²) in [5.74, 6) is 1.05. The summed E-state index contributed by atoms with van der Waals surface area (Å²) in [5, 5.41) is 3.40. The van der Waals surface area contributed by atoms with Gasteiger partial charge in [0.15, 0.2) is 0 Å². The number of hydrogen-bond acceptors (Lipinski definition) is 3. The van der Waals surface area contributed by atoms with E-state index in [4.69, 9.17) is 4.74 Å². The molecular formula is C15H22N2O. The molecule has 1 aromatic rings. The van der Waals surface area contributed by atoms with Crippen LogP contribution in [0, 0.1) is 0 Å². The van der Waals surface area contributed by atoms with Crippen LogP contribution in [0.1, 0.15) is 24.5 Å². The van der Waals surface area contributed by atoms with Crippen LogP contribution in [-0.4, -0.2) is 37.2 Å². The van der Waals surface area contributed by atoms with Gasteiger partial charge in [-0.1, -0.05) is 13.0 Å². The fraction of sp³-hybridized carbons (Fsp3) is 0.600. The lowest BCUT2D eigenvalue weighted by Crippen LogP contribution is -2.25. The van der Waals surface area contributed by atoms with Crippen molar-refractivity contribution in [1.29, 1.82) is 0 Å². The summed E-state index contributed by atoms with van der Waals surface area (Å²) in [6, 6.07) is 6.58. The number of likely N-dealkylation sites (N-methyl/N-ethyl adjacent to an activating group) is 1. The molecule has 3 heteroatoms. The number of nitrogens with zero attached hydrogens (tertiary/aromatic N) is 1. The molecule has 1 aromatic carbocycles. The minimum atomic E-state index is 0.379. The summed E-state index contributed by atoms with van der Waals surface area (Å²) in [6.07, 6.45) is 2.66. The van der Waals surface area contributed by atoms with Gasteiger partial charge in [0.2, 0.25) is 0 Å². The first-order chi connectivity index (χ1) is 8.85. The Morgan fingerprint density at radius 1 is 1.39 bits per heavy atom. The second kappa shape index (κ2) is 5.29. The minimum absolute atomic E-state index is 0.379. The summed E-state index contributed by atoms with van der Waals surface area (Å²) in [4.78, 5) is 2.45. The van der Waals surface area contributed by atoms with E-state index >= 15 is 0 Å². The van der Waals surface area contributed by atoms with Crippen LogP contribution in [0.25, 0.3) is 0 Å². The maximum atomic E-state index is 6.11. The fourth-order valence-electron chi connectivity index (χ4n) is 2.90. The SMILES string of the molecule is CCN1CCC(Oc2ccc3c(c2)CCNC3)C1. The Hall–Kier alpha value is -1.06. The first-order valence-electron chi connectivity index (χ1n) is 7.06. The number of nitrogens with one attached hydrogen (secondary N) is 1. The number of likely N-dealkylation sites (tertiary alicyclic amines) is 1. The third kappa shape index (κ3) is 2.52. The highest BCUT2D eigenvalue weighted by molar-refractivity contribution is 5.37. The summed E-state index contributed by atoms with van der Waals surface area (Å²) in [6.45, 7) is 7.70. The predicted molar refractivity (Wildman–Crippen MR) is 73.0 cm³/mol. The van der Waals surface area contributed by atoms with Crippen molar-refractivity contribution in [1.82, 2.24) is 10.2 Å². The highest BCUT2D eigenvalue weighted by Crippen LogP contribution is 2.23. The molecule has 3 nitrogen and oxygen atoms in total. The molecule has 1 fully saturated rings. The quantitative estimate of drug-likeness (QED) is 0.880. The van der Waals surface area contributed by atoms with Gasteiger partial charge in [0, 0.05) is 19.6 Å². The molecule has 3 rings (SSSR count). The molecule has 1 unspecified atom stereocenters. The largest absolute Gasteiger partial charge is 0.489 e. The Morgan fingerprint density at radius 2 is 2.33 bits per heavy atom. The van der Waals surface area contributed by atoms with Gasteiger partial charge in [-0.3, -0.25) is 4.90 Å². The average Bonchev–Trinajstić information content (AvgIpc) is 2.86. The molecule has 1 atom stereocenters. The van der Waals surface area contributed by atoms with Crippen molar-refractivity contribution in [2.24, 2.45) is 0 Å². The second-order valence-electron chi connectivity index (χ2n) is 5.28. The van der Waals surface area contributed by atoms with E-state index < -0.39 is 0 Å². The van der Waals surface area contributed by atoms with Gasteiger partial charge in [-0.05, 0) is 49.2 Å². The second-order valence-corrected chi connectivity index (χ2v) is 5.28. The van der Waals surface area contributed by atoms with Gasteiger partial charge in [-0.25, -0.2) is 0 Å². The molecule has 0 spiro atoms. The van der Waals surface area contributed by atoms with Crippen LogP contribution in [0.15, 0.2) is 18.2 Å². The Labute approximate surface area is 109 Å². The van der Waals surface area contributed by atoms with E-state index in [0.717, 1.165) is 44.8 Å². The van der Waals surface area contributed by atoms with Crippen molar-refractivity contribution in [3.8, 4) is 5.75 Å². The lowest BCUT2D eigenvalue weighted by molar-refractivity contribution is 0.202. The van der Waals surface area contributed by atoms with Gasteiger partial charge in [0.25, 0.3) is 0 Å². The maximum absolute atomic E-state index is 6.11. The highest BCUT2D eigenvalue weighted by Gasteiger charge is 2.22. The fourth-order valence-corrected chi connectivity index (χ4v) is 2.90. The van der Waals surface area contributed by atoms with Crippen LogP contribution in [-0.2, 0) is 13.0 Å². The van der Waals surface area contributed by atoms with Gasteiger partial charge >= 0.3 is 0 Å². The van der Waals surface area contributed by atoms with Crippen molar-refractivity contribution in [3.05, 3.63) is 29.3 Å². The van der Waals surface area contributed by atoms with Crippen LogP contribution >= 0.6 is 0 Å². The predicted octanol–water partition coefficient (Wildman–Crippen LogP) is 1.81. The Kier molecular flexibility index (Phi) is 3.52. The van der Waals surface area contributed by atoms with Gasteiger partial charge in [0.05, 0.1) is 0 Å². The summed E-state index contributed by atoms with van der Waals surface area (Å²) < 4.78 is 6.11. The standard InChI is InChI=1S/C15H22N2O/c1-2-17-8-6-15(11-17)18-14-4-3-13-10-16-7-5-12(13)9-14/h3-4,9,15-16H,2,5-8,10-11H2,1H3. The third-order valence-corrected chi connectivity index (χ3v) is 4.04. The zero-order valence-corrected chi connectivity index (χ0v) is 11.1. The average molecular weight is 246 g/mol. The number of hydrogen-bond donors (Lipinski definition) is 1. The van der Waals surface area contributed by atoms with E-state index in [-0.39, 0.29) is 0 Å². The number of benzene rings is 1. The van der Waals surface area contributed by atoms with Crippen molar-refractivity contribution >= 4 is 0 Å². The highest BCUT2D eigenvalue weighted by atomic mass is 16.5. The first kappa shape index (κ1) is 12.0. The topological polar surface area (TPSA) is 24.5 Å². The summed E-state index contributed by atoms with van der Waals surface area (Å²) >= 11 is 0. The van der Waals surface area contributed by atoms with E-state index in [1.54, 1.807) is 0 Å². The van der Waals surface area contributed by atoms with Gasteiger partial charge in [-0.2, -0.15) is 0 Å². The molecule has 0 radical (unpaired) electrons. The molecule has 1 N–H and O–H groups in total. The summed E-state index contributed by atoms with van der Waals surface area (Å²) in [5.41, 5.74) is 2.88. The number of ether oxygens (including phenoxy) is 1. The number of rotatable bonds is 3. The Morgan fingerprint density at radius 3 is 3.17 bits per heavy atom. The lowest BCUT2D eigenvalue weighted by Gasteiger charge is -2.20. The molecular weight excluding hydrogens is 224 g/mol. The van der Waals surface area contributed by atoms with Gasteiger partial charge < -0.3 is 10.1 Å². The Balaban J connectivity index is 1.66. The van der Waals surface area contributed by atoms with Gasteiger partial charge in [0.1, 0.15) is 11.9 Å². The summed E-state index contributed by atoms with van der Waals surface area (Å²) in [7, 11) is 0. The van der Waals surface area contributed by atoms with E-state index in [9.17, 15) is 0 Å². The molecule has 0 aliphatic carbocycles. The first-order valence-corrected chi connectivity index (χ1v) is 7.06. The van der Waals surface area contributed by atoms with E-state index in [1.807, 2.05) is 0 Å². The monoisotopic (exact) mass is 246 g/mol. The van der Waals surface area contributed by atoms with Crippen LogP contribution < -0.4 is 10.1 Å². The minimum Gasteiger partial charge on any atom is -0.489 e. The number of fused-ring (bicyclic) bond motifs is 1. The van der Waals surface area contributed by atoms with E-state index in [2.05, 4.69) is 35.3 Å². The molecule has 98 valence electrons. The zero-order chi connectivity index (χ0) is 12.4. The molecule has 2 aliphatic rings. The van der Waals surface area contributed by atoms with Crippen LogP contribution in [0.3, 0.4) is 0 Å². The van der Waals surface area contributed by atoms with Crippen molar-refractivity contribution in [2.75, 3.05) is 26.2 Å². The maximum Gasteiger partial charge on any atom is 0.120 e. The van der Waals surface area contributed by atoms with Crippen LogP contribution in [0.2, 0.25) is 0 Å². The molecule has 0 bridgehead atoms. The van der Waals surface area contributed by atoms with Crippen molar-refractivity contribution in [3.63, 3.8) is 0 Å². The molecule has 0 saturated carbocycles. The van der Waals surface area contributed by atoms with Gasteiger partial charge in [-0.15, -0.1) is 0 Å². The molecule has 1 saturated heterocycles. The molecule has 0 aromatic heterocycles. The van der Waals surface area contributed by atoms with E-state index in [0.29, 0.717) is 6.10 Å². The smallest absolute Gasteiger partial charge is 0.120 e. The Bertz CT molecular complexity index is 419. The van der Waals surface area contributed by atoms with Crippen molar-refractivity contribution in [2.45, 2.75) is 32.4 Å². The normalized spacial score (nSPS) is 23.9. The third-order valence-electron chi connectivity index (χ3n) is 4.04. The molecule has 2 heterocycles. The van der Waals surface area contributed by atoms with Crippen molar-refractivity contribution < 1.29 is 4.74 Å². The molecule has 18 heavy (non-hydrogen) atoms. The molecule has 2 aliphatic heterocycles. The zero-order valence-electron chi connectivity index (χ0n) is 11.1. The van der Waals surface area contributed by atoms with Crippen LogP contribution in [0.4, 0.5) is 0 Å². The molecule has 0 amide bonds.